The molecule has 0 aliphatic carbocycles. The van der Waals surface area contributed by atoms with E-state index in [1.807, 2.05) is 0 Å². The van der Waals surface area contributed by atoms with E-state index in [0.29, 0.717) is 6.16 Å². The van der Waals surface area contributed by atoms with Crippen molar-refractivity contribution in [2.24, 2.45) is 0 Å². The van der Waals surface area contributed by atoms with E-state index in [-0.39, 0.29) is 0 Å². The average Bonchev–Trinajstić information content (AvgIpc) is 2.67. The second-order valence-corrected chi connectivity index (χ2v) is 16.9. The van der Waals surface area contributed by atoms with E-state index in [1.54, 1.807) is 0 Å². The lowest BCUT2D eigenvalue weighted by molar-refractivity contribution is 0.384. The first-order chi connectivity index (χ1) is 14.0. The minimum atomic E-state index is -2.09. The minimum Gasteiger partial charge on any atom is -0.203 e. The van der Waals surface area contributed by atoms with Gasteiger partial charge in [-0.15, -0.1) is 0 Å². The molecule has 0 amide bonds. The van der Waals surface area contributed by atoms with Crippen LogP contribution in [0.5, 0.6) is 0 Å². The predicted octanol–water partition coefficient (Wildman–Crippen LogP) is 8.71. The predicted molar refractivity (Wildman–Crippen MR) is 123 cm³/mol. The van der Waals surface area contributed by atoms with Crippen molar-refractivity contribution >= 4 is 22.0 Å². The number of hydrogen-bond donors (Lipinski definition) is 0. The molecule has 0 N–H and O–H groups in total. The van der Waals surface area contributed by atoms with E-state index in [4.69, 9.17) is 0 Å². The Hall–Kier alpha value is -0.483. The molecule has 0 bridgehead atoms. The number of halogens is 5. The summed E-state index contributed by atoms with van der Waals surface area (Å²) in [4.78, 5) is 0. The van der Waals surface area contributed by atoms with E-state index < -0.39 is 51.0 Å². The lowest BCUT2D eigenvalue weighted by atomic mass is 10.1. The molecule has 1 unspecified atom stereocenters. The standard InChI is InChI=1S/C23H38F5PSi/c1-15(2)30(16(3)4,17(5)6)14-12-10-8-7-9-11-13-29-23-21(27)19(25)18(24)20(26)22(23)28/h15-17,29H,7-14H2,1-6H3. The van der Waals surface area contributed by atoms with Crippen LogP contribution in [0.25, 0.3) is 0 Å². The van der Waals surface area contributed by atoms with Crippen LogP contribution in [0.1, 0.15) is 80.1 Å². The molecule has 174 valence electrons. The summed E-state index contributed by atoms with van der Waals surface area (Å²) < 4.78 is 66.9. The molecular weight excluding hydrogens is 430 g/mol. The zero-order valence-electron chi connectivity index (χ0n) is 19.3. The van der Waals surface area contributed by atoms with Crippen LogP contribution in [-0.2, 0) is 0 Å². The van der Waals surface area contributed by atoms with Crippen molar-refractivity contribution < 1.29 is 22.0 Å². The summed E-state index contributed by atoms with van der Waals surface area (Å²) in [5, 5.41) is -0.663. The summed E-state index contributed by atoms with van der Waals surface area (Å²) >= 11 is 0. The number of hydrogen-bond acceptors (Lipinski definition) is 0. The van der Waals surface area contributed by atoms with E-state index in [9.17, 15) is 22.0 Å². The Labute approximate surface area is 182 Å². The molecule has 0 fully saturated rings. The molecule has 0 saturated carbocycles. The molecule has 0 saturated heterocycles. The molecule has 1 atom stereocenters. The second kappa shape index (κ2) is 12.5. The maximum atomic E-state index is 13.7. The molecule has 1 aromatic rings. The highest BCUT2D eigenvalue weighted by molar-refractivity contribution is 7.47. The molecule has 0 radical (unpaired) electrons. The molecule has 1 aromatic carbocycles. The van der Waals surface area contributed by atoms with Gasteiger partial charge in [-0.05, 0) is 12.6 Å². The SMILES string of the molecule is CC(C)[Si](CCCCCCCCPc1c(F)c(F)c(F)c(F)c1F)(C(C)C)C(C)C. The smallest absolute Gasteiger partial charge is 0.200 e. The van der Waals surface area contributed by atoms with E-state index in [2.05, 4.69) is 41.5 Å². The molecule has 0 nitrogen and oxygen atoms in total. The maximum Gasteiger partial charge on any atom is 0.200 e. The Balaban J connectivity index is 2.35. The van der Waals surface area contributed by atoms with E-state index in [1.165, 1.54) is 18.9 Å². The largest absolute Gasteiger partial charge is 0.203 e. The molecule has 30 heavy (non-hydrogen) atoms. The Kier molecular flexibility index (Phi) is 11.5. The van der Waals surface area contributed by atoms with Crippen LogP contribution in [0.4, 0.5) is 22.0 Å². The van der Waals surface area contributed by atoms with Gasteiger partial charge in [-0.3, -0.25) is 0 Å². The van der Waals surface area contributed by atoms with Crippen LogP contribution in [0, 0.1) is 29.1 Å². The summed E-state index contributed by atoms with van der Waals surface area (Å²) in [5.41, 5.74) is 2.33. The van der Waals surface area contributed by atoms with Gasteiger partial charge in [0.05, 0.1) is 13.4 Å². The molecule has 1 rings (SSSR count). The van der Waals surface area contributed by atoms with E-state index >= 15 is 0 Å². The summed E-state index contributed by atoms with van der Waals surface area (Å²) in [7, 11) is -1.73. The molecule has 7 heteroatoms. The monoisotopic (exact) mass is 468 g/mol. The van der Waals surface area contributed by atoms with Crippen molar-refractivity contribution in [3.8, 4) is 0 Å². The first kappa shape index (κ1) is 27.6. The van der Waals surface area contributed by atoms with Gasteiger partial charge in [0.15, 0.2) is 23.3 Å². The zero-order chi connectivity index (χ0) is 23.1. The van der Waals surface area contributed by atoms with Gasteiger partial charge in [-0.1, -0.05) is 105 Å². The summed E-state index contributed by atoms with van der Waals surface area (Å²) in [5.74, 6) is -9.14. The van der Waals surface area contributed by atoms with Gasteiger partial charge < -0.3 is 0 Å². The van der Waals surface area contributed by atoms with Gasteiger partial charge in [0.2, 0.25) is 5.82 Å². The van der Waals surface area contributed by atoms with E-state index in [0.717, 1.165) is 42.3 Å². The summed E-state index contributed by atoms with van der Waals surface area (Å²) in [6, 6.07) is 1.36. The molecule has 0 aliphatic heterocycles. The first-order valence-corrected chi connectivity index (χ1v) is 14.9. The molecular formula is C23H38F5PSi. The fourth-order valence-electron chi connectivity index (χ4n) is 5.10. The lowest BCUT2D eigenvalue weighted by Crippen LogP contribution is -2.44. The highest BCUT2D eigenvalue weighted by atomic mass is 31.1. The highest BCUT2D eigenvalue weighted by Gasteiger charge is 2.41. The van der Waals surface area contributed by atoms with Crippen LogP contribution >= 0.6 is 8.58 Å². The molecule has 0 spiro atoms. The number of benzene rings is 1. The minimum absolute atomic E-state index is 0.404. The Morgan fingerprint density at radius 3 is 1.37 bits per heavy atom. The van der Waals surface area contributed by atoms with Crippen LogP contribution < -0.4 is 5.30 Å². The summed E-state index contributed by atoms with van der Waals surface area (Å²) in [6.45, 7) is 14.3. The van der Waals surface area contributed by atoms with Gasteiger partial charge in [-0.2, -0.15) is 0 Å². The van der Waals surface area contributed by atoms with Crippen LogP contribution in [0.2, 0.25) is 22.7 Å². The fraction of sp³-hybridized carbons (Fsp3) is 0.739. The van der Waals surface area contributed by atoms with Gasteiger partial charge in [0.1, 0.15) is 0 Å². The second-order valence-electron chi connectivity index (χ2n) is 9.32. The van der Waals surface area contributed by atoms with Crippen molar-refractivity contribution in [1.29, 1.82) is 0 Å². The Morgan fingerprint density at radius 1 is 0.567 bits per heavy atom. The van der Waals surface area contributed by atoms with Crippen molar-refractivity contribution in [3.63, 3.8) is 0 Å². The number of unbranched alkanes of at least 4 members (excludes halogenated alkanes) is 5. The highest BCUT2D eigenvalue weighted by Crippen LogP contribution is 2.45. The van der Waals surface area contributed by atoms with Crippen LogP contribution in [0.15, 0.2) is 0 Å². The van der Waals surface area contributed by atoms with Crippen molar-refractivity contribution in [1.82, 2.24) is 0 Å². The van der Waals surface area contributed by atoms with Crippen molar-refractivity contribution in [2.45, 2.75) is 103 Å². The van der Waals surface area contributed by atoms with Gasteiger partial charge in [0, 0.05) is 0 Å². The lowest BCUT2D eigenvalue weighted by Gasteiger charge is -2.43. The fourth-order valence-corrected chi connectivity index (χ4v) is 12.9. The Morgan fingerprint density at radius 2 is 0.933 bits per heavy atom. The maximum absolute atomic E-state index is 13.7. The van der Waals surface area contributed by atoms with Gasteiger partial charge in [0.25, 0.3) is 0 Å². The Bertz CT molecular complexity index is 625. The summed E-state index contributed by atoms with van der Waals surface area (Å²) in [6.07, 6.45) is 6.73. The average molecular weight is 469 g/mol. The number of rotatable bonds is 13. The first-order valence-electron chi connectivity index (χ1n) is 11.2. The normalized spacial score (nSPS) is 13.0. The van der Waals surface area contributed by atoms with Gasteiger partial charge >= 0.3 is 0 Å². The quantitative estimate of drug-likeness (QED) is 0.0678. The third-order valence-electron chi connectivity index (χ3n) is 6.77. The van der Waals surface area contributed by atoms with Crippen molar-refractivity contribution in [2.75, 3.05) is 6.16 Å². The third kappa shape index (κ3) is 6.51. The van der Waals surface area contributed by atoms with Gasteiger partial charge in [-0.25, -0.2) is 22.0 Å². The molecule has 0 aromatic heterocycles. The van der Waals surface area contributed by atoms with Crippen LogP contribution in [0.3, 0.4) is 0 Å². The topological polar surface area (TPSA) is 0 Å². The zero-order valence-corrected chi connectivity index (χ0v) is 21.3. The molecule has 0 aliphatic rings. The third-order valence-corrected chi connectivity index (χ3v) is 15.8. The van der Waals surface area contributed by atoms with Crippen LogP contribution in [-0.4, -0.2) is 14.2 Å². The van der Waals surface area contributed by atoms with Crippen molar-refractivity contribution in [3.05, 3.63) is 29.1 Å². The molecule has 0 heterocycles.